The predicted octanol–water partition coefficient (Wildman–Crippen LogP) is 3.28. The molecule has 1 fully saturated rings. The first-order chi connectivity index (χ1) is 14.1. The molecule has 0 bridgehead atoms. The summed E-state index contributed by atoms with van der Waals surface area (Å²) in [7, 11) is 4.78. The number of piperazine rings is 1. The molecule has 0 spiro atoms. The molecule has 0 N–H and O–H groups in total. The van der Waals surface area contributed by atoms with Crippen LogP contribution in [0.15, 0.2) is 36.4 Å². The highest BCUT2D eigenvalue weighted by atomic mass is 32.1. The number of thiazole rings is 1. The number of rotatable bonds is 5. The zero-order chi connectivity index (χ0) is 20.4. The van der Waals surface area contributed by atoms with Crippen LogP contribution in [-0.2, 0) is 0 Å². The van der Waals surface area contributed by atoms with Crippen molar-refractivity contribution in [2.75, 3.05) is 52.4 Å². The maximum atomic E-state index is 13.0. The Morgan fingerprint density at radius 1 is 1.00 bits per heavy atom. The van der Waals surface area contributed by atoms with Gasteiger partial charge in [-0.15, -0.1) is 0 Å². The molecule has 1 aliphatic rings. The first-order valence-electron chi connectivity index (χ1n) is 9.34. The quantitative estimate of drug-likeness (QED) is 0.640. The number of aromatic nitrogens is 1. The largest absolute Gasteiger partial charge is 0.497 e. The van der Waals surface area contributed by atoms with Gasteiger partial charge < -0.3 is 24.0 Å². The van der Waals surface area contributed by atoms with Crippen molar-refractivity contribution in [1.82, 2.24) is 9.88 Å². The number of ether oxygens (including phenoxy) is 3. The molecule has 0 saturated carbocycles. The standard InChI is InChI=1S/C21H23N3O4S/c1-26-14-7-8-16-18(13-14)29-21(22-16)24-11-9-23(10-12-24)20(25)15-5-4-6-17(27-2)19(15)28-3/h4-8,13H,9-12H2,1-3H3. The molecule has 2 heterocycles. The van der Waals surface area contributed by atoms with Gasteiger partial charge in [0.05, 0.1) is 37.1 Å². The monoisotopic (exact) mass is 413 g/mol. The minimum Gasteiger partial charge on any atom is -0.497 e. The molecular formula is C21H23N3O4S. The number of anilines is 1. The van der Waals surface area contributed by atoms with Gasteiger partial charge in [-0.1, -0.05) is 17.4 Å². The molecule has 7 nitrogen and oxygen atoms in total. The van der Waals surface area contributed by atoms with Crippen molar-refractivity contribution in [3.8, 4) is 17.2 Å². The van der Waals surface area contributed by atoms with E-state index in [1.54, 1.807) is 50.9 Å². The summed E-state index contributed by atoms with van der Waals surface area (Å²) in [6, 6.07) is 11.3. The van der Waals surface area contributed by atoms with Gasteiger partial charge in [0.1, 0.15) is 5.75 Å². The van der Waals surface area contributed by atoms with Crippen LogP contribution in [0.3, 0.4) is 0 Å². The fourth-order valence-corrected chi connectivity index (χ4v) is 4.53. The lowest BCUT2D eigenvalue weighted by atomic mass is 10.1. The Kier molecular flexibility index (Phi) is 5.44. The van der Waals surface area contributed by atoms with Crippen molar-refractivity contribution in [2.24, 2.45) is 0 Å². The van der Waals surface area contributed by atoms with Crippen molar-refractivity contribution in [1.29, 1.82) is 0 Å². The molecule has 8 heteroatoms. The first-order valence-corrected chi connectivity index (χ1v) is 10.2. The van der Waals surface area contributed by atoms with Crippen molar-refractivity contribution < 1.29 is 19.0 Å². The number of hydrogen-bond donors (Lipinski definition) is 0. The van der Waals surface area contributed by atoms with Crippen LogP contribution >= 0.6 is 11.3 Å². The van der Waals surface area contributed by atoms with Crippen LogP contribution in [0.1, 0.15) is 10.4 Å². The summed E-state index contributed by atoms with van der Waals surface area (Å²) in [5.41, 5.74) is 1.48. The maximum Gasteiger partial charge on any atom is 0.257 e. The predicted molar refractivity (Wildman–Crippen MR) is 114 cm³/mol. The smallest absolute Gasteiger partial charge is 0.257 e. The van der Waals surface area contributed by atoms with E-state index < -0.39 is 0 Å². The lowest BCUT2D eigenvalue weighted by Crippen LogP contribution is -2.48. The van der Waals surface area contributed by atoms with Crippen LogP contribution in [0.5, 0.6) is 17.2 Å². The zero-order valence-electron chi connectivity index (χ0n) is 16.7. The fourth-order valence-electron chi connectivity index (χ4n) is 3.48. The number of para-hydroxylation sites is 1. The van der Waals surface area contributed by atoms with Crippen molar-refractivity contribution in [3.63, 3.8) is 0 Å². The van der Waals surface area contributed by atoms with Gasteiger partial charge in [0, 0.05) is 26.2 Å². The van der Waals surface area contributed by atoms with Crippen LogP contribution in [0.2, 0.25) is 0 Å². The molecule has 4 rings (SSSR count). The lowest BCUT2D eigenvalue weighted by Gasteiger charge is -2.34. The maximum absolute atomic E-state index is 13.0. The molecule has 3 aromatic rings. The highest BCUT2D eigenvalue weighted by Crippen LogP contribution is 2.33. The summed E-state index contributed by atoms with van der Waals surface area (Å²) >= 11 is 1.65. The molecule has 1 saturated heterocycles. The highest BCUT2D eigenvalue weighted by Gasteiger charge is 2.26. The summed E-state index contributed by atoms with van der Waals surface area (Å²) < 4.78 is 17.1. The number of benzene rings is 2. The minimum atomic E-state index is -0.0468. The molecule has 0 radical (unpaired) electrons. The van der Waals surface area contributed by atoms with Gasteiger partial charge in [0.25, 0.3) is 5.91 Å². The summed E-state index contributed by atoms with van der Waals surface area (Å²) in [6.45, 7) is 2.71. The van der Waals surface area contributed by atoms with Crippen LogP contribution in [0.4, 0.5) is 5.13 Å². The van der Waals surface area contributed by atoms with Crippen molar-refractivity contribution in [2.45, 2.75) is 0 Å². The molecule has 1 aliphatic heterocycles. The van der Waals surface area contributed by atoms with E-state index in [-0.39, 0.29) is 5.91 Å². The summed E-state index contributed by atoms with van der Waals surface area (Å²) in [5.74, 6) is 1.81. The average molecular weight is 413 g/mol. The van der Waals surface area contributed by atoms with Gasteiger partial charge in [0.15, 0.2) is 16.6 Å². The number of carbonyl (C=O) groups is 1. The first kappa shape index (κ1) is 19.3. The third kappa shape index (κ3) is 3.67. The van der Waals surface area contributed by atoms with Gasteiger partial charge in [-0.05, 0) is 30.3 Å². The van der Waals surface area contributed by atoms with Crippen LogP contribution in [0.25, 0.3) is 10.2 Å². The number of carbonyl (C=O) groups excluding carboxylic acids is 1. The Labute approximate surface area is 173 Å². The van der Waals surface area contributed by atoms with Gasteiger partial charge >= 0.3 is 0 Å². The minimum absolute atomic E-state index is 0.0468. The van der Waals surface area contributed by atoms with Gasteiger partial charge in [-0.2, -0.15) is 0 Å². The van der Waals surface area contributed by atoms with Gasteiger partial charge in [-0.25, -0.2) is 4.98 Å². The third-order valence-electron chi connectivity index (χ3n) is 5.06. The molecule has 0 unspecified atom stereocenters. The second-order valence-electron chi connectivity index (χ2n) is 6.65. The SMILES string of the molecule is COc1ccc2nc(N3CCN(C(=O)c4cccc(OC)c4OC)CC3)sc2c1. The molecule has 2 aromatic carbocycles. The Morgan fingerprint density at radius 2 is 1.79 bits per heavy atom. The van der Waals surface area contributed by atoms with E-state index >= 15 is 0 Å². The van der Waals surface area contributed by atoms with E-state index in [2.05, 4.69) is 4.90 Å². The number of methoxy groups -OCH3 is 3. The average Bonchev–Trinajstić information content (AvgIpc) is 3.21. The highest BCUT2D eigenvalue weighted by molar-refractivity contribution is 7.22. The molecule has 29 heavy (non-hydrogen) atoms. The second kappa shape index (κ2) is 8.16. The number of hydrogen-bond acceptors (Lipinski definition) is 7. The second-order valence-corrected chi connectivity index (χ2v) is 7.66. The number of amides is 1. The molecular weight excluding hydrogens is 390 g/mol. The van der Waals surface area contributed by atoms with E-state index in [0.29, 0.717) is 30.2 Å². The molecule has 0 aliphatic carbocycles. The van der Waals surface area contributed by atoms with E-state index in [0.717, 1.165) is 34.2 Å². The van der Waals surface area contributed by atoms with Gasteiger partial charge in [0.2, 0.25) is 0 Å². The number of fused-ring (bicyclic) bond motifs is 1. The summed E-state index contributed by atoms with van der Waals surface area (Å²) in [5, 5.41) is 0.972. The van der Waals surface area contributed by atoms with Gasteiger partial charge in [-0.3, -0.25) is 4.79 Å². The fraction of sp³-hybridized carbons (Fsp3) is 0.333. The zero-order valence-corrected chi connectivity index (χ0v) is 17.5. The van der Waals surface area contributed by atoms with E-state index in [1.807, 2.05) is 23.1 Å². The Hall–Kier alpha value is -3.00. The van der Waals surface area contributed by atoms with Crippen LogP contribution in [-0.4, -0.2) is 63.3 Å². The van der Waals surface area contributed by atoms with Crippen LogP contribution in [0, 0.1) is 0 Å². The number of nitrogens with zero attached hydrogens (tertiary/aromatic N) is 3. The molecule has 1 amide bonds. The van der Waals surface area contributed by atoms with E-state index in [9.17, 15) is 4.79 Å². The Morgan fingerprint density at radius 3 is 2.48 bits per heavy atom. The molecule has 1 aromatic heterocycles. The van der Waals surface area contributed by atoms with E-state index in [4.69, 9.17) is 19.2 Å². The van der Waals surface area contributed by atoms with Crippen molar-refractivity contribution in [3.05, 3.63) is 42.0 Å². The Bertz CT molecular complexity index is 1030. The third-order valence-corrected chi connectivity index (χ3v) is 6.13. The van der Waals surface area contributed by atoms with Crippen LogP contribution < -0.4 is 19.1 Å². The topological polar surface area (TPSA) is 64.1 Å². The molecule has 0 atom stereocenters. The summed E-state index contributed by atoms with van der Waals surface area (Å²) in [4.78, 5) is 21.9. The lowest BCUT2D eigenvalue weighted by molar-refractivity contribution is 0.0742. The summed E-state index contributed by atoms with van der Waals surface area (Å²) in [6.07, 6.45) is 0. The normalized spacial score (nSPS) is 14.2. The Balaban J connectivity index is 1.48. The molecule has 152 valence electrons. The van der Waals surface area contributed by atoms with E-state index in [1.165, 1.54) is 0 Å². The van der Waals surface area contributed by atoms with Crippen molar-refractivity contribution >= 4 is 32.6 Å².